The van der Waals surface area contributed by atoms with Crippen LogP contribution in [0.4, 0.5) is 0 Å². The predicted molar refractivity (Wildman–Crippen MR) is 43.4 cm³/mol. The topological polar surface area (TPSA) is 43.4 Å². The van der Waals surface area contributed by atoms with Gasteiger partial charge in [0.15, 0.2) is 0 Å². The molecule has 0 rings (SSSR count). The largest absolute Gasteiger partial charge is 0.268 e. The van der Waals surface area contributed by atoms with Gasteiger partial charge in [-0.25, -0.2) is 0 Å². The molecule has 0 aromatic rings. The van der Waals surface area contributed by atoms with Crippen molar-refractivity contribution in [3.05, 3.63) is 12.7 Å². The molecule has 0 bridgehead atoms. The fourth-order valence-corrected chi connectivity index (χ4v) is 1.18. The maximum atomic E-state index is 10.8. The lowest BCUT2D eigenvalue weighted by atomic mass is 10.5. The molecule has 4 heteroatoms. The number of rotatable bonds is 5. The molecule has 0 aliphatic rings. The van der Waals surface area contributed by atoms with Crippen molar-refractivity contribution in [1.82, 2.24) is 0 Å². The van der Waals surface area contributed by atoms with Gasteiger partial charge in [-0.3, -0.25) is 4.18 Å². The average Bonchev–Trinajstić information content (AvgIpc) is 1.97. The summed E-state index contributed by atoms with van der Waals surface area (Å²) in [6.07, 6.45) is 6.42. The average molecular weight is 174 g/mol. The third kappa shape index (κ3) is 5.64. The molecule has 0 aliphatic carbocycles. The summed E-state index contributed by atoms with van der Waals surface area (Å²) in [5.41, 5.74) is 0. The Morgan fingerprint density at radius 2 is 2.27 bits per heavy atom. The Bertz CT molecular complexity index is 245. The molecule has 0 aromatic carbocycles. The second kappa shape index (κ2) is 4.94. The highest BCUT2D eigenvalue weighted by molar-refractivity contribution is 7.86. The number of terminal acetylenes is 1. The van der Waals surface area contributed by atoms with Crippen molar-refractivity contribution >= 4 is 10.1 Å². The highest BCUT2D eigenvalue weighted by Gasteiger charge is 2.07. The lowest BCUT2D eigenvalue weighted by molar-refractivity contribution is 0.357. The molecular formula is C7H10O3S. The van der Waals surface area contributed by atoms with Crippen LogP contribution in [-0.4, -0.2) is 20.8 Å². The second-order valence-corrected chi connectivity index (χ2v) is 3.55. The minimum Gasteiger partial charge on any atom is -0.266 e. The molecule has 0 saturated carbocycles. The van der Waals surface area contributed by atoms with Crippen LogP contribution in [0.3, 0.4) is 0 Å². The van der Waals surface area contributed by atoms with Crippen molar-refractivity contribution in [1.29, 1.82) is 0 Å². The molecule has 0 heterocycles. The normalized spacial score (nSPS) is 10.5. The van der Waals surface area contributed by atoms with E-state index in [2.05, 4.69) is 16.7 Å². The van der Waals surface area contributed by atoms with E-state index in [0.717, 1.165) is 0 Å². The first kappa shape index (κ1) is 10.2. The first-order valence-electron chi connectivity index (χ1n) is 3.04. The molecule has 0 amide bonds. The van der Waals surface area contributed by atoms with Gasteiger partial charge in [0.05, 0.1) is 12.4 Å². The molecule has 11 heavy (non-hydrogen) atoms. The molecule has 0 aliphatic heterocycles. The van der Waals surface area contributed by atoms with Crippen molar-refractivity contribution in [2.24, 2.45) is 0 Å². The summed E-state index contributed by atoms with van der Waals surface area (Å²) in [4.78, 5) is 0. The van der Waals surface area contributed by atoms with Gasteiger partial charge in [0.1, 0.15) is 0 Å². The Morgan fingerprint density at radius 3 is 2.73 bits per heavy atom. The maximum absolute atomic E-state index is 10.8. The van der Waals surface area contributed by atoms with Crippen LogP contribution in [0.2, 0.25) is 0 Å². The first-order chi connectivity index (χ1) is 5.12. The Labute approximate surface area is 67.2 Å². The first-order valence-corrected chi connectivity index (χ1v) is 4.61. The smallest absolute Gasteiger partial charge is 0.266 e. The van der Waals surface area contributed by atoms with Crippen molar-refractivity contribution in [3.63, 3.8) is 0 Å². The van der Waals surface area contributed by atoms with Crippen molar-refractivity contribution < 1.29 is 12.6 Å². The van der Waals surface area contributed by atoms with Gasteiger partial charge in [-0.15, -0.1) is 18.9 Å². The van der Waals surface area contributed by atoms with Crippen LogP contribution in [0, 0.1) is 12.3 Å². The van der Waals surface area contributed by atoms with E-state index in [1.165, 1.54) is 6.08 Å². The molecule has 0 unspecified atom stereocenters. The van der Waals surface area contributed by atoms with Gasteiger partial charge in [-0.1, -0.05) is 6.08 Å². The summed E-state index contributed by atoms with van der Waals surface area (Å²) in [6.45, 7) is 3.32. The second-order valence-electron chi connectivity index (χ2n) is 1.79. The molecule has 0 N–H and O–H groups in total. The van der Waals surface area contributed by atoms with Crippen molar-refractivity contribution in [2.75, 3.05) is 12.4 Å². The minimum absolute atomic E-state index is 0.00685. The fourth-order valence-electron chi connectivity index (χ4n) is 0.395. The molecular weight excluding hydrogens is 164 g/mol. The van der Waals surface area contributed by atoms with Gasteiger partial charge in [0.2, 0.25) is 0 Å². The van der Waals surface area contributed by atoms with Gasteiger partial charge < -0.3 is 0 Å². The van der Waals surface area contributed by atoms with Gasteiger partial charge in [-0.2, -0.15) is 8.42 Å². The summed E-state index contributed by atoms with van der Waals surface area (Å²) in [5, 5.41) is 0. The van der Waals surface area contributed by atoms with Crippen molar-refractivity contribution in [3.8, 4) is 12.3 Å². The van der Waals surface area contributed by atoms with Crippen LogP contribution in [0.1, 0.15) is 6.42 Å². The molecule has 0 aromatic heterocycles. The zero-order valence-corrected chi connectivity index (χ0v) is 6.93. The van der Waals surface area contributed by atoms with Gasteiger partial charge >= 0.3 is 0 Å². The van der Waals surface area contributed by atoms with E-state index in [-0.39, 0.29) is 18.8 Å². The Morgan fingerprint density at radius 1 is 1.64 bits per heavy atom. The summed E-state index contributed by atoms with van der Waals surface area (Å²) >= 11 is 0. The van der Waals surface area contributed by atoms with Gasteiger partial charge in [0, 0.05) is 6.42 Å². The summed E-state index contributed by atoms with van der Waals surface area (Å²) in [7, 11) is -3.42. The number of hydrogen-bond donors (Lipinski definition) is 0. The predicted octanol–water partition coefficient (Wildman–Crippen LogP) is 0.542. The van der Waals surface area contributed by atoms with Crippen LogP contribution in [-0.2, 0) is 14.3 Å². The third-order valence-electron chi connectivity index (χ3n) is 0.862. The van der Waals surface area contributed by atoms with Crippen molar-refractivity contribution in [2.45, 2.75) is 6.42 Å². The zero-order chi connectivity index (χ0) is 8.74. The van der Waals surface area contributed by atoms with E-state index in [4.69, 9.17) is 6.42 Å². The summed E-state index contributed by atoms with van der Waals surface area (Å²) in [6, 6.07) is 0. The minimum atomic E-state index is -3.42. The maximum Gasteiger partial charge on any atom is 0.268 e. The SMILES string of the molecule is C#CCCS(=O)(=O)OCC=C. The number of hydrogen-bond acceptors (Lipinski definition) is 3. The molecule has 3 nitrogen and oxygen atoms in total. The highest BCUT2D eigenvalue weighted by atomic mass is 32.2. The lowest BCUT2D eigenvalue weighted by Crippen LogP contribution is -2.09. The van der Waals surface area contributed by atoms with Crippen LogP contribution in [0.25, 0.3) is 0 Å². The Hall–Kier alpha value is -0.790. The van der Waals surface area contributed by atoms with E-state index >= 15 is 0 Å². The van der Waals surface area contributed by atoms with E-state index in [9.17, 15) is 8.42 Å². The van der Waals surface area contributed by atoms with Crippen LogP contribution < -0.4 is 0 Å². The monoisotopic (exact) mass is 174 g/mol. The van der Waals surface area contributed by atoms with Crippen LogP contribution in [0.15, 0.2) is 12.7 Å². The van der Waals surface area contributed by atoms with E-state index in [1.54, 1.807) is 0 Å². The molecule has 0 atom stereocenters. The Balaban J connectivity index is 3.83. The molecule has 0 radical (unpaired) electrons. The molecule has 0 spiro atoms. The highest BCUT2D eigenvalue weighted by Crippen LogP contribution is 1.95. The fraction of sp³-hybridized carbons (Fsp3) is 0.429. The molecule has 62 valence electrons. The van der Waals surface area contributed by atoms with Crippen LogP contribution in [0.5, 0.6) is 0 Å². The quantitative estimate of drug-likeness (QED) is 0.347. The van der Waals surface area contributed by atoms with E-state index < -0.39 is 10.1 Å². The molecule has 0 saturated heterocycles. The van der Waals surface area contributed by atoms with E-state index in [0.29, 0.717) is 0 Å². The standard InChI is InChI=1S/C7H10O3S/c1-3-5-7-11(8,9)10-6-4-2/h1,4H,2,5-7H2. The third-order valence-corrected chi connectivity index (χ3v) is 2.06. The Kier molecular flexibility index (Phi) is 4.59. The lowest BCUT2D eigenvalue weighted by Gasteiger charge is -1.98. The van der Waals surface area contributed by atoms with E-state index in [1.807, 2.05) is 0 Å². The summed E-state index contributed by atoms with van der Waals surface area (Å²) in [5.74, 6) is 2.09. The van der Waals surface area contributed by atoms with Gasteiger partial charge in [-0.05, 0) is 0 Å². The van der Waals surface area contributed by atoms with Crippen LogP contribution >= 0.6 is 0 Å². The van der Waals surface area contributed by atoms with Gasteiger partial charge in [0.25, 0.3) is 10.1 Å². The zero-order valence-electron chi connectivity index (χ0n) is 6.12. The molecule has 0 fully saturated rings. The summed E-state index contributed by atoms with van der Waals surface area (Å²) < 4.78 is 26.0.